The van der Waals surface area contributed by atoms with Gasteiger partial charge in [0.15, 0.2) is 0 Å². The Morgan fingerprint density at radius 3 is 2.21 bits per heavy atom. The van der Waals surface area contributed by atoms with Gasteiger partial charge in [-0.1, -0.05) is 12.1 Å². The average Bonchev–Trinajstić information content (AvgIpc) is 2.03. The quantitative estimate of drug-likeness (QED) is 0.622. The van der Waals surface area contributed by atoms with Gasteiger partial charge >= 0.3 is 0 Å². The minimum Gasteiger partial charge on any atom is -0.481 e. The lowest BCUT2D eigenvalue weighted by atomic mass is 10.3. The van der Waals surface area contributed by atoms with Gasteiger partial charge in [-0.25, -0.2) is 0 Å². The molecule has 1 aromatic carbocycles. The van der Waals surface area contributed by atoms with Gasteiger partial charge in [-0.2, -0.15) is 0 Å². The van der Waals surface area contributed by atoms with Crippen LogP contribution in [0, 0.1) is 10.1 Å². The van der Waals surface area contributed by atoms with Gasteiger partial charge in [-0.15, -0.1) is 0 Å². The summed E-state index contributed by atoms with van der Waals surface area (Å²) in [6, 6.07) is 6.45. The molecule has 0 bridgehead atoms. The number of carbonyl (C=O) groups is 1. The van der Waals surface area contributed by atoms with Gasteiger partial charge in [-0.3, -0.25) is 14.9 Å². The van der Waals surface area contributed by atoms with Crippen LogP contribution in [0.4, 0.5) is 5.69 Å². The Balaban J connectivity index is 0.000000364. The Morgan fingerprint density at radius 1 is 1.50 bits per heavy atom. The number of aliphatic carboxylic acids is 1. The lowest BCUT2D eigenvalue weighted by molar-refractivity contribution is -0.385. The monoisotopic (exact) mass is 261 g/mol. The van der Waals surface area contributed by atoms with Crippen molar-refractivity contribution in [3.05, 3.63) is 38.9 Å². The zero-order chi connectivity index (χ0) is 11.1. The third-order valence-electron chi connectivity index (χ3n) is 1.05. The molecule has 0 spiro atoms. The van der Waals surface area contributed by atoms with E-state index >= 15 is 0 Å². The van der Waals surface area contributed by atoms with Crippen LogP contribution in [0.3, 0.4) is 0 Å². The number of nitrogens with zero attached hydrogens (tertiary/aromatic N) is 1. The second kappa shape index (κ2) is 6.09. The van der Waals surface area contributed by atoms with Crippen molar-refractivity contribution in [3.8, 4) is 0 Å². The highest BCUT2D eigenvalue weighted by Gasteiger charge is 2.07. The Labute approximate surface area is 88.6 Å². The molecule has 0 aromatic heterocycles. The van der Waals surface area contributed by atoms with Gasteiger partial charge in [0.1, 0.15) is 0 Å². The van der Waals surface area contributed by atoms with E-state index in [1.807, 2.05) is 0 Å². The van der Waals surface area contributed by atoms with Crippen molar-refractivity contribution in [2.45, 2.75) is 6.92 Å². The van der Waals surface area contributed by atoms with Gasteiger partial charge in [0.2, 0.25) is 0 Å². The summed E-state index contributed by atoms with van der Waals surface area (Å²) in [4.78, 5) is 18.8. The van der Waals surface area contributed by atoms with Crippen LogP contribution in [-0.4, -0.2) is 16.0 Å². The van der Waals surface area contributed by atoms with Gasteiger partial charge in [-0.05, 0) is 22.0 Å². The van der Waals surface area contributed by atoms with Crippen molar-refractivity contribution in [2.24, 2.45) is 0 Å². The number of hydrogen-bond acceptors (Lipinski definition) is 3. The molecule has 0 aliphatic carbocycles. The highest BCUT2D eigenvalue weighted by atomic mass is 79.9. The fraction of sp³-hybridized carbons (Fsp3) is 0.125. The summed E-state index contributed by atoms with van der Waals surface area (Å²) in [5.41, 5.74) is 0.0995. The predicted molar refractivity (Wildman–Crippen MR) is 54.1 cm³/mol. The predicted octanol–water partition coefficient (Wildman–Crippen LogP) is 2.45. The topological polar surface area (TPSA) is 80.4 Å². The Hall–Kier alpha value is -1.43. The number of carboxylic acid groups (broad SMARTS) is 1. The maximum absolute atomic E-state index is 10.2. The second-order valence-electron chi connectivity index (χ2n) is 2.23. The van der Waals surface area contributed by atoms with Crippen molar-refractivity contribution >= 4 is 27.6 Å². The summed E-state index contributed by atoms with van der Waals surface area (Å²) in [7, 11) is 0. The number of para-hydroxylation sites is 1. The maximum atomic E-state index is 10.2. The molecule has 0 amide bonds. The number of hydrogen-bond donors (Lipinski definition) is 1. The van der Waals surface area contributed by atoms with E-state index < -0.39 is 10.9 Å². The Morgan fingerprint density at radius 2 is 1.93 bits per heavy atom. The largest absolute Gasteiger partial charge is 0.481 e. The van der Waals surface area contributed by atoms with Crippen LogP contribution in [0.5, 0.6) is 0 Å². The molecule has 6 heteroatoms. The number of rotatable bonds is 1. The van der Waals surface area contributed by atoms with Gasteiger partial charge in [0.25, 0.3) is 11.7 Å². The molecule has 0 fully saturated rings. The van der Waals surface area contributed by atoms with Crippen LogP contribution < -0.4 is 0 Å². The summed E-state index contributed by atoms with van der Waals surface area (Å²) >= 11 is 3.06. The standard InChI is InChI=1S/C6H4BrNO2.C2H4O2/c7-5-3-1-2-4-6(5)8(9)10;1-2(3)4/h1-4H;1H3,(H,3,4). The summed E-state index contributed by atoms with van der Waals surface area (Å²) < 4.78 is 0.514. The molecule has 14 heavy (non-hydrogen) atoms. The molecule has 1 aromatic rings. The second-order valence-corrected chi connectivity index (χ2v) is 3.08. The fourth-order valence-corrected chi connectivity index (χ4v) is 1.03. The number of halogens is 1. The first-order valence-corrected chi connectivity index (χ1v) is 4.33. The molecule has 0 aliphatic rings. The van der Waals surface area contributed by atoms with Crippen LogP contribution in [-0.2, 0) is 4.79 Å². The van der Waals surface area contributed by atoms with Crippen LogP contribution in [0.2, 0.25) is 0 Å². The number of nitro groups is 1. The third-order valence-corrected chi connectivity index (χ3v) is 1.72. The first-order chi connectivity index (χ1) is 6.45. The van der Waals surface area contributed by atoms with E-state index in [2.05, 4.69) is 15.9 Å². The SMILES string of the molecule is CC(=O)O.O=[N+]([O-])c1ccccc1Br. The maximum Gasteiger partial charge on any atom is 0.300 e. The smallest absolute Gasteiger partial charge is 0.300 e. The van der Waals surface area contributed by atoms with Crippen LogP contribution >= 0.6 is 15.9 Å². The van der Waals surface area contributed by atoms with E-state index in [-0.39, 0.29) is 5.69 Å². The first kappa shape index (κ1) is 12.6. The van der Waals surface area contributed by atoms with Crippen molar-refractivity contribution in [2.75, 3.05) is 0 Å². The van der Waals surface area contributed by atoms with Crippen molar-refractivity contribution in [1.29, 1.82) is 0 Å². The zero-order valence-electron chi connectivity index (χ0n) is 7.31. The van der Waals surface area contributed by atoms with E-state index in [0.717, 1.165) is 6.92 Å². The molecule has 0 radical (unpaired) electrons. The fourth-order valence-electron chi connectivity index (χ4n) is 0.600. The highest BCUT2D eigenvalue weighted by molar-refractivity contribution is 9.10. The molecule has 0 saturated heterocycles. The summed E-state index contributed by atoms with van der Waals surface area (Å²) in [6.07, 6.45) is 0. The molecule has 0 unspecified atom stereocenters. The van der Waals surface area contributed by atoms with Gasteiger partial charge < -0.3 is 5.11 Å². The van der Waals surface area contributed by atoms with E-state index in [9.17, 15) is 10.1 Å². The zero-order valence-corrected chi connectivity index (χ0v) is 8.89. The molecule has 0 atom stereocenters. The molecular weight excluding hydrogens is 254 g/mol. The Kier molecular flexibility index (Phi) is 5.47. The minimum absolute atomic E-state index is 0.0995. The summed E-state index contributed by atoms with van der Waals surface area (Å²) in [5, 5.41) is 17.6. The van der Waals surface area contributed by atoms with Crippen LogP contribution in [0.1, 0.15) is 6.92 Å². The van der Waals surface area contributed by atoms with E-state index in [1.165, 1.54) is 6.07 Å². The van der Waals surface area contributed by atoms with Crippen LogP contribution in [0.25, 0.3) is 0 Å². The molecule has 0 saturated carbocycles. The third kappa shape index (κ3) is 5.26. The number of benzene rings is 1. The first-order valence-electron chi connectivity index (χ1n) is 3.53. The normalized spacial score (nSPS) is 8.43. The molecule has 1 N–H and O–H groups in total. The lowest BCUT2D eigenvalue weighted by Gasteiger charge is -1.91. The lowest BCUT2D eigenvalue weighted by Crippen LogP contribution is -1.87. The molecule has 5 nitrogen and oxygen atoms in total. The number of nitro benzene ring substituents is 1. The van der Waals surface area contributed by atoms with Gasteiger partial charge in [0, 0.05) is 13.0 Å². The molecule has 76 valence electrons. The summed E-state index contributed by atoms with van der Waals surface area (Å²) in [5.74, 6) is -0.833. The van der Waals surface area contributed by atoms with E-state index in [1.54, 1.807) is 18.2 Å². The molecular formula is C8H8BrNO4. The van der Waals surface area contributed by atoms with Crippen molar-refractivity contribution in [3.63, 3.8) is 0 Å². The summed E-state index contributed by atoms with van der Waals surface area (Å²) in [6.45, 7) is 1.08. The Bertz CT molecular complexity index is 336. The van der Waals surface area contributed by atoms with E-state index in [0.29, 0.717) is 4.47 Å². The van der Waals surface area contributed by atoms with Gasteiger partial charge in [0.05, 0.1) is 9.40 Å². The highest BCUT2D eigenvalue weighted by Crippen LogP contribution is 2.22. The van der Waals surface area contributed by atoms with Crippen molar-refractivity contribution in [1.82, 2.24) is 0 Å². The molecule has 0 aliphatic heterocycles. The van der Waals surface area contributed by atoms with Crippen molar-refractivity contribution < 1.29 is 14.8 Å². The molecule has 0 heterocycles. The molecule has 1 rings (SSSR count). The minimum atomic E-state index is -0.833. The average molecular weight is 262 g/mol. The number of carboxylic acids is 1. The van der Waals surface area contributed by atoms with E-state index in [4.69, 9.17) is 9.90 Å². The van der Waals surface area contributed by atoms with Crippen LogP contribution in [0.15, 0.2) is 28.7 Å².